The number of benzene rings is 5. The molecule has 0 saturated heterocycles. The second-order valence-corrected chi connectivity index (χ2v) is 7.49. The molecule has 0 fully saturated rings. The van der Waals surface area contributed by atoms with Crippen LogP contribution in [0.4, 0.5) is 0 Å². The van der Waals surface area contributed by atoms with Crippen LogP contribution in [0.1, 0.15) is 5.56 Å². The molecular formula is C29H18. The quantitative estimate of drug-likeness (QED) is 0.225. The highest BCUT2D eigenvalue weighted by Crippen LogP contribution is 2.43. The van der Waals surface area contributed by atoms with Crippen LogP contribution in [0.5, 0.6) is 0 Å². The molecule has 0 amide bonds. The maximum Gasteiger partial charge on any atom is 0.0314 e. The maximum atomic E-state index is 3.19. The van der Waals surface area contributed by atoms with Crippen molar-refractivity contribution < 1.29 is 0 Å². The Morgan fingerprint density at radius 2 is 0.759 bits per heavy atom. The summed E-state index contributed by atoms with van der Waals surface area (Å²) in [6.45, 7) is 0. The summed E-state index contributed by atoms with van der Waals surface area (Å²) in [6.07, 6.45) is 2.04. The van der Waals surface area contributed by atoms with E-state index in [1.54, 1.807) is 0 Å². The van der Waals surface area contributed by atoms with Crippen LogP contribution in [0.2, 0.25) is 0 Å². The third-order valence-electron chi connectivity index (χ3n) is 5.77. The SMILES string of the molecule is C1=CC=1c1ccc(-c2c3ccccc3c(-c3ccccc3)c3ccccc23)cc1. The Morgan fingerprint density at radius 3 is 1.21 bits per heavy atom. The fourth-order valence-electron chi connectivity index (χ4n) is 4.37. The minimum Gasteiger partial charge on any atom is -0.110 e. The zero-order chi connectivity index (χ0) is 19.2. The summed E-state index contributed by atoms with van der Waals surface area (Å²) in [5.41, 5.74) is 10.8. The molecule has 0 aromatic heterocycles. The normalized spacial score (nSPS) is 12.3. The van der Waals surface area contributed by atoms with Gasteiger partial charge in [-0.1, -0.05) is 103 Å². The lowest BCUT2D eigenvalue weighted by molar-refractivity contribution is 1.62. The van der Waals surface area contributed by atoms with E-state index in [4.69, 9.17) is 0 Å². The van der Waals surface area contributed by atoms with Crippen molar-refractivity contribution in [2.24, 2.45) is 0 Å². The van der Waals surface area contributed by atoms with Crippen LogP contribution in [0.15, 0.2) is 115 Å². The second kappa shape index (κ2) is 6.34. The van der Waals surface area contributed by atoms with Gasteiger partial charge < -0.3 is 0 Å². The Hall–Kier alpha value is -3.86. The smallest absolute Gasteiger partial charge is 0.0314 e. The van der Waals surface area contributed by atoms with Gasteiger partial charge in [-0.15, -0.1) is 5.73 Å². The summed E-state index contributed by atoms with van der Waals surface area (Å²) >= 11 is 0. The molecule has 0 bridgehead atoms. The first-order chi connectivity index (χ1) is 14.4. The number of hydrogen-bond acceptors (Lipinski definition) is 0. The predicted octanol–water partition coefficient (Wildman–Crippen LogP) is 7.88. The first-order valence-electron chi connectivity index (χ1n) is 9.96. The third kappa shape index (κ3) is 2.63. The molecule has 0 spiro atoms. The van der Waals surface area contributed by atoms with Gasteiger partial charge in [-0.25, -0.2) is 0 Å². The molecule has 6 rings (SSSR count). The first kappa shape index (κ1) is 16.1. The molecule has 0 N–H and O–H groups in total. The molecule has 0 radical (unpaired) electrons. The minimum absolute atomic E-state index is 1.21. The van der Waals surface area contributed by atoms with Gasteiger partial charge in [0, 0.05) is 5.57 Å². The van der Waals surface area contributed by atoms with E-state index in [9.17, 15) is 0 Å². The van der Waals surface area contributed by atoms with Crippen molar-refractivity contribution in [3.63, 3.8) is 0 Å². The van der Waals surface area contributed by atoms with Crippen molar-refractivity contribution >= 4 is 27.1 Å². The van der Waals surface area contributed by atoms with Crippen molar-refractivity contribution in [2.75, 3.05) is 0 Å². The fraction of sp³-hybridized carbons (Fsp3) is 0. The number of rotatable bonds is 3. The third-order valence-corrected chi connectivity index (χ3v) is 5.77. The topological polar surface area (TPSA) is 0 Å². The number of allylic oxidation sites excluding steroid dienone is 1. The standard InChI is InChI=1S/C29H18/c1-2-8-22(9-3-1)28-24-10-4-6-12-26(24)29(27-13-7-5-11-25(27)28)23-18-16-21(17-19-23)20-14-15-20/h1-14,16-19H. The van der Waals surface area contributed by atoms with E-state index in [0.717, 1.165) is 0 Å². The second-order valence-electron chi connectivity index (χ2n) is 7.49. The molecule has 0 saturated carbocycles. The molecule has 1 aliphatic carbocycles. The van der Waals surface area contributed by atoms with Gasteiger partial charge in [0.25, 0.3) is 0 Å². The van der Waals surface area contributed by atoms with Gasteiger partial charge in [0.05, 0.1) is 0 Å². The van der Waals surface area contributed by atoms with Crippen molar-refractivity contribution in [1.29, 1.82) is 0 Å². The molecule has 5 aromatic carbocycles. The van der Waals surface area contributed by atoms with Gasteiger partial charge in [0.1, 0.15) is 0 Å². The van der Waals surface area contributed by atoms with E-state index in [2.05, 4.69) is 109 Å². The lowest BCUT2D eigenvalue weighted by Crippen LogP contribution is -1.90. The zero-order valence-electron chi connectivity index (χ0n) is 15.9. The average molecular weight is 366 g/mol. The fourth-order valence-corrected chi connectivity index (χ4v) is 4.37. The van der Waals surface area contributed by atoms with E-state index in [1.165, 1.54) is 54.9 Å². The van der Waals surface area contributed by atoms with E-state index >= 15 is 0 Å². The minimum atomic E-state index is 1.21. The highest BCUT2D eigenvalue weighted by molar-refractivity contribution is 6.21. The predicted molar refractivity (Wildman–Crippen MR) is 124 cm³/mol. The van der Waals surface area contributed by atoms with Crippen LogP contribution >= 0.6 is 0 Å². The molecule has 0 heterocycles. The Balaban J connectivity index is 1.72. The van der Waals surface area contributed by atoms with Crippen LogP contribution in [-0.2, 0) is 0 Å². The van der Waals surface area contributed by atoms with E-state index in [0.29, 0.717) is 0 Å². The molecule has 0 nitrogen and oxygen atoms in total. The Labute approximate surface area is 170 Å². The molecule has 134 valence electrons. The lowest BCUT2D eigenvalue weighted by Gasteiger charge is -2.17. The summed E-state index contributed by atoms with van der Waals surface area (Å²) in [4.78, 5) is 0. The van der Waals surface area contributed by atoms with Gasteiger partial charge in [0.2, 0.25) is 0 Å². The summed E-state index contributed by atoms with van der Waals surface area (Å²) in [7, 11) is 0. The van der Waals surface area contributed by atoms with Gasteiger partial charge in [-0.3, -0.25) is 0 Å². The van der Waals surface area contributed by atoms with Crippen molar-refractivity contribution in [1.82, 2.24) is 0 Å². The van der Waals surface area contributed by atoms with Crippen molar-refractivity contribution in [2.45, 2.75) is 0 Å². The van der Waals surface area contributed by atoms with E-state index in [1.807, 2.05) is 6.08 Å². The van der Waals surface area contributed by atoms with Crippen LogP contribution in [-0.4, -0.2) is 0 Å². The number of fused-ring (bicyclic) bond motifs is 2. The molecule has 29 heavy (non-hydrogen) atoms. The van der Waals surface area contributed by atoms with E-state index in [-0.39, 0.29) is 0 Å². The molecule has 5 aromatic rings. The summed E-state index contributed by atoms with van der Waals surface area (Å²) in [5, 5.41) is 5.18. The Morgan fingerprint density at radius 1 is 0.379 bits per heavy atom. The highest BCUT2D eigenvalue weighted by Gasteiger charge is 2.16. The summed E-state index contributed by atoms with van der Waals surface area (Å²) < 4.78 is 0. The average Bonchev–Trinajstić information content (AvgIpc) is 3.64. The largest absolute Gasteiger partial charge is 0.110 e. The van der Waals surface area contributed by atoms with E-state index < -0.39 is 0 Å². The van der Waals surface area contributed by atoms with Crippen LogP contribution in [0, 0.1) is 0 Å². The Kier molecular flexibility index (Phi) is 3.53. The highest BCUT2D eigenvalue weighted by atomic mass is 14.2. The molecule has 0 aliphatic heterocycles. The van der Waals surface area contributed by atoms with Crippen molar-refractivity contribution in [3.05, 3.63) is 120 Å². The van der Waals surface area contributed by atoms with Crippen LogP contribution < -0.4 is 0 Å². The zero-order valence-corrected chi connectivity index (χ0v) is 15.9. The van der Waals surface area contributed by atoms with Crippen molar-refractivity contribution in [3.8, 4) is 22.3 Å². The van der Waals surface area contributed by atoms with Gasteiger partial charge in [-0.2, -0.15) is 0 Å². The maximum absolute atomic E-state index is 3.19. The molecule has 0 atom stereocenters. The van der Waals surface area contributed by atoms with Gasteiger partial charge in [-0.05, 0) is 55.4 Å². The lowest BCUT2D eigenvalue weighted by atomic mass is 9.86. The Bertz CT molecular complexity index is 1390. The monoisotopic (exact) mass is 366 g/mol. The first-order valence-corrected chi connectivity index (χ1v) is 9.96. The van der Waals surface area contributed by atoms with Gasteiger partial charge in [0.15, 0.2) is 0 Å². The van der Waals surface area contributed by atoms with Gasteiger partial charge >= 0.3 is 0 Å². The van der Waals surface area contributed by atoms with Crippen LogP contribution in [0.25, 0.3) is 49.4 Å². The molecule has 0 unspecified atom stereocenters. The molecule has 1 aliphatic rings. The molecule has 0 heteroatoms. The molecular weight excluding hydrogens is 348 g/mol. The summed E-state index contributed by atoms with van der Waals surface area (Å²) in [5.74, 6) is 0. The number of hydrogen-bond donors (Lipinski definition) is 0. The summed E-state index contributed by atoms with van der Waals surface area (Å²) in [6, 6.07) is 37.2. The van der Waals surface area contributed by atoms with Crippen LogP contribution in [0.3, 0.4) is 0 Å².